The van der Waals surface area contributed by atoms with Gasteiger partial charge in [-0.25, -0.2) is 0 Å². The molecule has 1 saturated carbocycles. The molecule has 2 aromatic rings. The van der Waals surface area contributed by atoms with Crippen LogP contribution in [0.2, 0.25) is 0 Å². The van der Waals surface area contributed by atoms with E-state index in [1.807, 2.05) is 12.1 Å². The number of hydrogen-bond acceptors (Lipinski definition) is 4. The van der Waals surface area contributed by atoms with Crippen LogP contribution in [0.3, 0.4) is 0 Å². The van der Waals surface area contributed by atoms with Gasteiger partial charge in [-0.15, -0.1) is 0 Å². The Kier molecular flexibility index (Phi) is 17.0. The Bertz CT molecular complexity index is 1320. The van der Waals surface area contributed by atoms with Gasteiger partial charge in [0.15, 0.2) is 0 Å². The van der Waals surface area contributed by atoms with Gasteiger partial charge in [0, 0.05) is 11.1 Å². The van der Waals surface area contributed by atoms with Crippen LogP contribution in [0.4, 0.5) is 0 Å². The summed E-state index contributed by atoms with van der Waals surface area (Å²) in [5.74, 6) is 4.25. The van der Waals surface area contributed by atoms with Gasteiger partial charge >= 0.3 is 0 Å². The van der Waals surface area contributed by atoms with Crippen molar-refractivity contribution in [2.75, 3.05) is 13.2 Å². The second-order valence-corrected chi connectivity index (χ2v) is 15.2. The molecule has 0 saturated heterocycles. The van der Waals surface area contributed by atoms with Gasteiger partial charge in [-0.3, -0.25) is 0 Å². The van der Waals surface area contributed by atoms with Crippen molar-refractivity contribution in [1.82, 2.24) is 0 Å². The Morgan fingerprint density at radius 2 is 1.42 bits per heavy atom. The molecule has 0 unspecified atom stereocenters. The highest BCUT2D eigenvalue weighted by atomic mass is 16.5. The van der Waals surface area contributed by atoms with E-state index in [0.29, 0.717) is 48.9 Å². The maximum absolute atomic E-state index is 11.5. The third-order valence-corrected chi connectivity index (χ3v) is 10.3. The van der Waals surface area contributed by atoms with E-state index in [0.717, 1.165) is 85.1 Å². The van der Waals surface area contributed by atoms with Crippen molar-refractivity contribution < 1.29 is 19.7 Å². The van der Waals surface area contributed by atoms with E-state index >= 15 is 0 Å². The molecule has 2 aromatic carbocycles. The highest BCUT2D eigenvalue weighted by molar-refractivity contribution is 5.51. The normalized spacial score (nSPS) is 18.3. The molecule has 1 fully saturated rings. The summed E-state index contributed by atoms with van der Waals surface area (Å²) < 4.78 is 13.0. The number of allylic oxidation sites excluding steroid dienone is 4. The van der Waals surface area contributed by atoms with Crippen LogP contribution < -0.4 is 9.47 Å². The molecule has 1 aliphatic carbocycles. The van der Waals surface area contributed by atoms with Crippen LogP contribution in [0, 0.1) is 17.8 Å². The van der Waals surface area contributed by atoms with Crippen molar-refractivity contribution in [2.45, 2.75) is 151 Å². The number of phenolic OH excluding ortho intramolecular Hbond substituents is 2. The zero-order valence-corrected chi connectivity index (χ0v) is 31.8. The zero-order chi connectivity index (χ0) is 35.1. The second-order valence-electron chi connectivity index (χ2n) is 15.2. The minimum Gasteiger partial charge on any atom is -0.508 e. The summed E-state index contributed by atoms with van der Waals surface area (Å²) in [6, 6.07) is 8.24. The van der Waals surface area contributed by atoms with Crippen molar-refractivity contribution in [3.05, 3.63) is 69.8 Å². The molecule has 0 radical (unpaired) electrons. The Hall–Kier alpha value is -2.88. The van der Waals surface area contributed by atoms with Crippen molar-refractivity contribution in [3.8, 4) is 23.0 Å². The first-order valence-electron chi connectivity index (χ1n) is 19.3. The standard InChI is InChI=1S/C44H68O4/c1-9-11-13-18-35-27-40(45)38(23-20-33(7)17-15-16-31(3)4)42(29-35)47-24-25-48-43-30-36(19-14-12-10-2)28-41(46)44(43)39-26-34(8)21-22-37(39)32(5)6/h16,20,27-30,32,34,37,39,45-46H,9-15,17-19,21-26H2,1-8H3/b33-20+/t34-,37-,39+/m0/s1. The number of aromatic hydroxyl groups is 2. The van der Waals surface area contributed by atoms with Crippen molar-refractivity contribution >= 4 is 0 Å². The van der Waals surface area contributed by atoms with Gasteiger partial charge in [0.25, 0.3) is 0 Å². The average Bonchev–Trinajstić information content (AvgIpc) is 3.02. The third-order valence-electron chi connectivity index (χ3n) is 10.3. The lowest BCUT2D eigenvalue weighted by atomic mass is 9.67. The lowest BCUT2D eigenvalue weighted by Crippen LogP contribution is -2.27. The third kappa shape index (κ3) is 12.5. The van der Waals surface area contributed by atoms with Crippen LogP contribution in [0.25, 0.3) is 0 Å². The Morgan fingerprint density at radius 1 is 0.812 bits per heavy atom. The van der Waals surface area contributed by atoms with Gasteiger partial charge in [-0.05, 0) is 138 Å². The van der Waals surface area contributed by atoms with Crippen LogP contribution in [-0.4, -0.2) is 23.4 Å². The van der Waals surface area contributed by atoms with Crippen molar-refractivity contribution in [2.24, 2.45) is 17.8 Å². The zero-order valence-electron chi connectivity index (χ0n) is 31.8. The topological polar surface area (TPSA) is 58.9 Å². The van der Waals surface area contributed by atoms with Crippen molar-refractivity contribution in [3.63, 3.8) is 0 Å². The first-order valence-corrected chi connectivity index (χ1v) is 19.3. The fourth-order valence-corrected chi connectivity index (χ4v) is 7.43. The summed E-state index contributed by atoms with van der Waals surface area (Å²) in [7, 11) is 0. The van der Waals surface area contributed by atoms with Gasteiger partial charge in [-0.1, -0.05) is 90.0 Å². The van der Waals surface area contributed by atoms with Gasteiger partial charge < -0.3 is 19.7 Å². The maximum atomic E-state index is 11.5. The highest BCUT2D eigenvalue weighted by Crippen LogP contribution is 2.50. The quantitative estimate of drug-likeness (QED) is 0.110. The summed E-state index contributed by atoms with van der Waals surface area (Å²) in [6.45, 7) is 18.6. The molecule has 0 aliphatic heterocycles. The van der Waals surface area contributed by atoms with Crippen LogP contribution in [0.1, 0.15) is 154 Å². The number of phenols is 2. The maximum Gasteiger partial charge on any atom is 0.126 e. The summed E-state index contributed by atoms with van der Waals surface area (Å²) in [6.07, 6.45) is 19.4. The number of ether oxygens (including phenoxy) is 2. The number of benzene rings is 2. The first-order chi connectivity index (χ1) is 23.0. The summed E-state index contributed by atoms with van der Waals surface area (Å²) in [5, 5.41) is 22.7. The largest absolute Gasteiger partial charge is 0.508 e. The summed E-state index contributed by atoms with van der Waals surface area (Å²) in [4.78, 5) is 0. The molecule has 0 bridgehead atoms. The summed E-state index contributed by atoms with van der Waals surface area (Å²) in [5.41, 5.74) is 6.74. The van der Waals surface area contributed by atoms with E-state index < -0.39 is 0 Å². The Morgan fingerprint density at radius 3 is 2.02 bits per heavy atom. The van der Waals surface area contributed by atoms with Crippen LogP contribution >= 0.6 is 0 Å². The Labute approximate surface area is 294 Å². The van der Waals surface area contributed by atoms with E-state index in [2.05, 4.69) is 79.7 Å². The molecular formula is C44H68O4. The lowest BCUT2D eigenvalue weighted by Gasteiger charge is -2.38. The molecule has 3 rings (SSSR count). The van der Waals surface area contributed by atoms with Gasteiger partial charge in [0.1, 0.15) is 36.2 Å². The molecule has 2 N–H and O–H groups in total. The molecule has 48 heavy (non-hydrogen) atoms. The minimum absolute atomic E-state index is 0.282. The predicted octanol–water partition coefficient (Wildman–Crippen LogP) is 12.4. The monoisotopic (exact) mass is 661 g/mol. The fraction of sp³-hybridized carbons (Fsp3) is 0.636. The fourth-order valence-electron chi connectivity index (χ4n) is 7.43. The van der Waals surface area contributed by atoms with Crippen LogP contribution in [0.15, 0.2) is 47.6 Å². The number of unbranched alkanes of at least 4 members (excludes halogenated alkanes) is 4. The van der Waals surface area contributed by atoms with E-state index in [9.17, 15) is 10.2 Å². The highest BCUT2D eigenvalue weighted by Gasteiger charge is 2.35. The van der Waals surface area contributed by atoms with Gasteiger partial charge in [0.05, 0.1) is 0 Å². The van der Waals surface area contributed by atoms with Gasteiger partial charge in [0.2, 0.25) is 0 Å². The number of aryl methyl sites for hydroxylation is 2. The molecule has 0 spiro atoms. The second kappa shape index (κ2) is 20.6. The first kappa shape index (κ1) is 39.6. The molecular weight excluding hydrogens is 592 g/mol. The number of rotatable bonds is 20. The molecule has 4 nitrogen and oxygen atoms in total. The van der Waals surface area contributed by atoms with E-state index in [4.69, 9.17) is 9.47 Å². The molecule has 1 aliphatic rings. The molecule has 0 amide bonds. The molecule has 268 valence electrons. The minimum atomic E-state index is 0.282. The van der Waals surface area contributed by atoms with Gasteiger partial charge in [-0.2, -0.15) is 0 Å². The van der Waals surface area contributed by atoms with E-state index in [1.54, 1.807) is 0 Å². The van der Waals surface area contributed by atoms with E-state index in [-0.39, 0.29) is 5.92 Å². The predicted molar refractivity (Wildman–Crippen MR) is 204 cm³/mol. The SMILES string of the molecule is CCCCCc1cc(O)c(C/C=C(\C)CCC=C(C)C)c(OCCOc2cc(CCCCC)cc(O)c2[C@@H]2C[C@@H](C)CC[C@H]2C(C)C)c1. The molecule has 4 heteroatoms. The Balaban J connectivity index is 1.84. The van der Waals surface area contributed by atoms with Crippen LogP contribution in [0.5, 0.6) is 23.0 Å². The van der Waals surface area contributed by atoms with E-state index in [1.165, 1.54) is 43.3 Å². The number of hydrogen-bond donors (Lipinski definition) is 2. The van der Waals surface area contributed by atoms with Crippen LogP contribution in [-0.2, 0) is 19.3 Å². The molecule has 3 atom stereocenters. The average molecular weight is 661 g/mol. The summed E-state index contributed by atoms with van der Waals surface area (Å²) >= 11 is 0. The molecule has 0 heterocycles. The molecule has 0 aromatic heterocycles. The lowest BCUT2D eigenvalue weighted by molar-refractivity contribution is 0.182. The smallest absolute Gasteiger partial charge is 0.126 e. The van der Waals surface area contributed by atoms with Crippen molar-refractivity contribution in [1.29, 1.82) is 0 Å².